The van der Waals surface area contributed by atoms with E-state index >= 15 is 0 Å². The van der Waals surface area contributed by atoms with Crippen molar-refractivity contribution >= 4 is 33.6 Å². The molecule has 3 fully saturated rings. The highest BCUT2D eigenvalue weighted by atomic mass is 31.3. The first kappa shape index (κ1) is 29.9. The number of carboxylic acids is 1. The van der Waals surface area contributed by atoms with Gasteiger partial charge in [0, 0.05) is 13.0 Å². The number of imide groups is 1. The van der Waals surface area contributed by atoms with Gasteiger partial charge in [0.15, 0.2) is 18.6 Å². The average Bonchev–Trinajstić information content (AvgIpc) is 3.05. The van der Waals surface area contributed by atoms with E-state index in [1.807, 2.05) is 5.32 Å². The highest BCUT2D eigenvalue weighted by molar-refractivity contribution is 7.61. The van der Waals surface area contributed by atoms with Gasteiger partial charge in [-0.05, 0) is 0 Å². The van der Waals surface area contributed by atoms with Crippen LogP contribution in [0.15, 0.2) is 0 Å². The molecule has 3 rings (SSSR count). The summed E-state index contributed by atoms with van der Waals surface area (Å²) in [4.78, 5) is 54.7. The minimum Gasteiger partial charge on any atom is -0.479 e. The van der Waals surface area contributed by atoms with Crippen molar-refractivity contribution in [1.82, 2.24) is 10.2 Å². The van der Waals surface area contributed by atoms with Crippen LogP contribution in [0.5, 0.6) is 0 Å². The third-order valence-corrected chi connectivity index (χ3v) is 7.99. The molecule has 0 aromatic heterocycles. The largest absolute Gasteiger partial charge is 0.483 e. The van der Waals surface area contributed by atoms with Crippen molar-refractivity contribution in [3.63, 3.8) is 0 Å². The predicted octanol–water partition coefficient (Wildman–Crippen LogP) is -4.48. The molecule has 0 saturated carbocycles. The number of nitrogens with zero attached hydrogens (tertiary/aromatic N) is 1. The number of rotatable bonds is 9. The van der Waals surface area contributed by atoms with Gasteiger partial charge in [-0.1, -0.05) is 0 Å². The maximum atomic E-state index is 12.2. The van der Waals surface area contributed by atoms with Crippen molar-refractivity contribution in [3.8, 4) is 0 Å². The van der Waals surface area contributed by atoms with E-state index in [-0.39, 0.29) is 13.0 Å². The zero-order valence-electron chi connectivity index (χ0n) is 18.3. The third kappa shape index (κ3) is 6.88. The molecule has 0 bridgehead atoms. The lowest BCUT2D eigenvalue weighted by atomic mass is 9.99. The topological polar surface area (TPSA) is 309 Å². The zero-order valence-corrected chi connectivity index (χ0v) is 20.1. The molecule has 3 saturated heterocycles. The lowest BCUT2D eigenvalue weighted by molar-refractivity contribution is -0.274. The molecule has 3 heterocycles. The molecule has 0 radical (unpaired) electrons. The van der Waals surface area contributed by atoms with Crippen molar-refractivity contribution in [2.24, 2.45) is 0 Å². The van der Waals surface area contributed by atoms with Crippen LogP contribution in [0.25, 0.3) is 0 Å². The summed E-state index contributed by atoms with van der Waals surface area (Å²) in [6, 6.07) is -0.932. The van der Waals surface area contributed by atoms with Gasteiger partial charge in [-0.15, -0.1) is 0 Å². The van der Waals surface area contributed by atoms with Crippen LogP contribution in [0.2, 0.25) is 0 Å². The zero-order chi connectivity index (χ0) is 27.9. The summed E-state index contributed by atoms with van der Waals surface area (Å²) >= 11 is 0. The fraction of sp³-hybridized carbons (Fsp3) is 0.800. The Kier molecular flexibility index (Phi) is 9.10. The Hall–Kier alpha value is -1.61. The highest BCUT2D eigenvalue weighted by Gasteiger charge is 2.52. The van der Waals surface area contributed by atoms with Gasteiger partial charge in [0.1, 0.15) is 36.6 Å². The van der Waals surface area contributed by atoms with Crippen LogP contribution in [-0.2, 0) is 41.6 Å². The van der Waals surface area contributed by atoms with Crippen LogP contribution in [0.1, 0.15) is 6.42 Å². The number of hydrogen-bond donors (Lipinski definition) is 9. The lowest BCUT2D eigenvalue weighted by Crippen LogP contribution is -2.60. The predicted molar refractivity (Wildman–Crippen MR) is 108 cm³/mol. The minimum absolute atomic E-state index is 0.135. The van der Waals surface area contributed by atoms with E-state index in [0.29, 0.717) is 0 Å². The van der Waals surface area contributed by atoms with Gasteiger partial charge in [0.05, 0.1) is 6.61 Å². The molecule has 3 amide bonds. The molecule has 9 N–H and O–H groups in total. The van der Waals surface area contributed by atoms with E-state index in [4.69, 9.17) is 9.84 Å². The first-order valence-electron chi connectivity index (χ1n) is 10.3. The Morgan fingerprint density at radius 2 is 1.62 bits per heavy atom. The van der Waals surface area contributed by atoms with Crippen LogP contribution in [0, 0.1) is 0 Å². The molecule has 22 heteroatoms. The molecule has 3 unspecified atom stereocenters. The number of aliphatic hydroxyl groups excluding tert-OH is 5. The second-order valence-electron chi connectivity index (χ2n) is 8.00. The average molecular weight is 582 g/mol. The molecule has 20 nitrogen and oxygen atoms in total. The maximum absolute atomic E-state index is 12.2. The van der Waals surface area contributed by atoms with Crippen molar-refractivity contribution in [3.05, 3.63) is 0 Å². The van der Waals surface area contributed by atoms with Crippen molar-refractivity contribution in [2.75, 3.05) is 13.2 Å². The standard InChI is InChI=1S/C15H24N2O18P2/c18-5-1-2-17(15(26)16-5)12-9(22)6(19)4(32-12)3-31-36(27,28)35-37(29,30)34-14-10(23)7(20)8(21)11(33-14)13(24)25/h4,6-12,14,19-23H,1-3H2,(H,24,25)(H,27,28)(H,29,30)(H,16,18,26)/t4-,6-,7+,8+,9-,10-,11-,12-,14?/m1/s1. The van der Waals surface area contributed by atoms with Gasteiger partial charge in [0.25, 0.3) is 0 Å². The second kappa shape index (κ2) is 11.2. The smallest absolute Gasteiger partial charge is 0.479 e. The van der Waals surface area contributed by atoms with E-state index in [0.717, 1.165) is 4.90 Å². The summed E-state index contributed by atoms with van der Waals surface area (Å²) in [5.41, 5.74) is 0. The quantitative estimate of drug-likeness (QED) is 0.116. The number of carbonyl (C=O) groups excluding carboxylic acids is 2. The van der Waals surface area contributed by atoms with Crippen molar-refractivity contribution in [2.45, 2.75) is 61.7 Å². The van der Waals surface area contributed by atoms with Gasteiger partial charge >= 0.3 is 27.6 Å². The summed E-state index contributed by atoms with van der Waals surface area (Å²) in [6.07, 6.45) is -18.1. The molecule has 3 aliphatic heterocycles. The summed E-state index contributed by atoms with van der Waals surface area (Å²) in [7, 11) is -11.3. The number of hydrogen-bond acceptors (Lipinski definition) is 15. The lowest BCUT2D eigenvalue weighted by Gasteiger charge is -2.38. The van der Waals surface area contributed by atoms with Crippen molar-refractivity contribution < 1.29 is 86.8 Å². The van der Waals surface area contributed by atoms with E-state index in [2.05, 4.69) is 18.1 Å². The Balaban J connectivity index is 1.58. The van der Waals surface area contributed by atoms with Crippen LogP contribution >= 0.6 is 15.6 Å². The van der Waals surface area contributed by atoms with Gasteiger partial charge < -0.3 is 49.9 Å². The number of urea groups is 1. The first-order chi connectivity index (χ1) is 17.0. The Labute approximate surface area is 206 Å². The van der Waals surface area contributed by atoms with Gasteiger partial charge in [-0.2, -0.15) is 4.31 Å². The van der Waals surface area contributed by atoms with E-state index in [1.54, 1.807) is 0 Å². The number of carbonyl (C=O) groups is 3. The molecule has 3 aliphatic rings. The normalized spacial score (nSPS) is 40.1. The highest BCUT2D eigenvalue weighted by Crippen LogP contribution is 2.61. The first-order valence-corrected chi connectivity index (χ1v) is 13.3. The molecular weight excluding hydrogens is 558 g/mol. The number of phosphoric acid groups is 2. The molecule has 37 heavy (non-hydrogen) atoms. The van der Waals surface area contributed by atoms with E-state index in [1.165, 1.54) is 0 Å². The number of nitrogens with one attached hydrogen (secondary N) is 1. The molecule has 212 valence electrons. The Bertz CT molecular complexity index is 996. The van der Waals surface area contributed by atoms with E-state index in [9.17, 15) is 58.8 Å². The summed E-state index contributed by atoms with van der Waals surface area (Å²) in [5, 5.41) is 60.3. The monoisotopic (exact) mass is 582 g/mol. The second-order valence-corrected chi connectivity index (χ2v) is 11.0. The molecule has 0 aromatic carbocycles. The molecule has 11 atom stereocenters. The number of phosphoric ester groups is 2. The number of ether oxygens (including phenoxy) is 2. The fourth-order valence-electron chi connectivity index (χ4n) is 3.56. The summed E-state index contributed by atoms with van der Waals surface area (Å²) < 4.78 is 47.0. The molecular formula is C15H24N2O18P2. The minimum atomic E-state index is -5.71. The summed E-state index contributed by atoms with van der Waals surface area (Å²) in [5.74, 6) is -2.43. The van der Waals surface area contributed by atoms with E-state index < -0.39 is 95.4 Å². The van der Waals surface area contributed by atoms with Crippen molar-refractivity contribution in [1.29, 1.82) is 0 Å². The Morgan fingerprint density at radius 3 is 2.22 bits per heavy atom. The van der Waals surface area contributed by atoms with Crippen LogP contribution in [-0.4, -0.2) is 132 Å². The van der Waals surface area contributed by atoms with Crippen LogP contribution in [0.3, 0.4) is 0 Å². The SMILES string of the molecule is O=C1CCN([C@@H]2O[C@H](COP(=O)(O)OP(=O)(O)OC3O[C@@H](C(=O)O)[C@@H](O)[C@H](O)[C@H]3O)[C@@H](O)[C@H]2O)C(=O)N1. The van der Waals surface area contributed by atoms with Gasteiger partial charge in [-0.25, -0.2) is 18.7 Å². The molecule has 0 aliphatic carbocycles. The maximum Gasteiger partial charge on any atom is 0.483 e. The molecule has 0 spiro atoms. The van der Waals surface area contributed by atoms with Crippen LogP contribution in [0.4, 0.5) is 4.79 Å². The number of aliphatic hydroxyl groups is 5. The van der Waals surface area contributed by atoms with Gasteiger partial charge in [0.2, 0.25) is 5.91 Å². The third-order valence-electron chi connectivity index (χ3n) is 5.39. The van der Waals surface area contributed by atoms with Gasteiger partial charge in [-0.3, -0.25) is 24.1 Å². The Morgan fingerprint density at radius 1 is 0.973 bits per heavy atom. The fourth-order valence-corrected chi connectivity index (χ4v) is 5.71. The molecule has 0 aromatic rings. The van der Waals surface area contributed by atoms with Crippen LogP contribution < -0.4 is 5.32 Å². The summed E-state index contributed by atoms with van der Waals surface area (Å²) in [6.45, 7) is -1.23. The number of aliphatic carboxylic acids is 1. The number of carboxylic acid groups (broad SMARTS) is 1. The number of amides is 3.